The molecule has 0 unspecified atom stereocenters. The van der Waals surface area contributed by atoms with Gasteiger partial charge in [-0.05, 0) is 5.53 Å². The van der Waals surface area contributed by atoms with E-state index in [0.717, 1.165) is 17.4 Å². The molecule has 2 aromatic rings. The number of carbonyl (C=O) groups excluding carboxylic acids is 1. The first-order chi connectivity index (χ1) is 9.49. The van der Waals surface area contributed by atoms with Crippen molar-refractivity contribution in [2.75, 3.05) is 5.73 Å². The molecule has 0 spiro atoms. The number of Topliss-reactive ketones (excluding diaryl/α,β-unsaturated/α-hetero) is 1. The predicted molar refractivity (Wildman–Crippen MR) is 76.3 cm³/mol. The summed E-state index contributed by atoms with van der Waals surface area (Å²) in [5.41, 5.74) is 14.5. The summed E-state index contributed by atoms with van der Waals surface area (Å²) in [5, 5.41) is 14.7. The number of nitro groups is 1. The zero-order chi connectivity index (χ0) is 14.9. The Morgan fingerprint density at radius 1 is 1.60 bits per heavy atom. The van der Waals surface area contributed by atoms with Gasteiger partial charge >= 0.3 is 0 Å². The number of hydrogen-bond donors (Lipinski definition) is 1. The molecule has 102 valence electrons. The van der Waals surface area contributed by atoms with Gasteiger partial charge in [0.25, 0.3) is 5.69 Å². The van der Waals surface area contributed by atoms with Gasteiger partial charge in [-0.2, -0.15) is 0 Å². The van der Waals surface area contributed by atoms with Gasteiger partial charge in [-0.1, -0.05) is 12.0 Å². The number of nitrogens with zero attached hydrogens (tertiary/aromatic N) is 4. The molecule has 9 heteroatoms. The van der Waals surface area contributed by atoms with Gasteiger partial charge in [0, 0.05) is 33.6 Å². The lowest BCUT2D eigenvalue weighted by Gasteiger charge is -1.99. The summed E-state index contributed by atoms with van der Waals surface area (Å²) in [4.78, 5) is 25.0. The number of nitrogen functional groups attached to an aromatic ring is 1. The molecule has 0 atom stereocenters. The normalized spacial score (nSPS) is 10.2. The maximum atomic E-state index is 11.8. The lowest BCUT2D eigenvalue weighted by molar-refractivity contribution is -0.384. The predicted octanol–water partition coefficient (Wildman–Crippen LogP) is 3.93. The third kappa shape index (κ3) is 2.15. The minimum atomic E-state index is -0.590. The van der Waals surface area contributed by atoms with Crippen LogP contribution in [0.15, 0.2) is 17.2 Å². The van der Waals surface area contributed by atoms with Crippen molar-refractivity contribution in [2.24, 2.45) is 5.11 Å². The van der Waals surface area contributed by atoms with Crippen LogP contribution in [-0.2, 0) is 0 Å². The smallest absolute Gasteiger partial charge is 0.271 e. The molecule has 20 heavy (non-hydrogen) atoms. The van der Waals surface area contributed by atoms with Crippen molar-refractivity contribution >= 4 is 44.3 Å². The van der Waals surface area contributed by atoms with Gasteiger partial charge in [-0.3, -0.25) is 14.9 Å². The van der Waals surface area contributed by atoms with Gasteiger partial charge < -0.3 is 5.73 Å². The van der Waals surface area contributed by atoms with Gasteiger partial charge in [0.1, 0.15) is 0 Å². The molecule has 1 aromatic carbocycles. The van der Waals surface area contributed by atoms with Crippen molar-refractivity contribution in [2.45, 2.75) is 13.3 Å². The zero-order valence-corrected chi connectivity index (χ0v) is 11.2. The molecule has 0 aliphatic rings. The Bertz CT molecular complexity index is 776. The lowest BCUT2D eigenvalue weighted by atomic mass is 10.1. The fraction of sp³-hybridized carbons (Fsp3) is 0.182. The Labute approximate surface area is 116 Å². The summed E-state index contributed by atoms with van der Waals surface area (Å²) in [6.45, 7) is 1.70. The Hall–Kier alpha value is -2.64. The van der Waals surface area contributed by atoms with Crippen molar-refractivity contribution < 1.29 is 9.72 Å². The van der Waals surface area contributed by atoms with Crippen LogP contribution in [0.3, 0.4) is 0 Å². The van der Waals surface area contributed by atoms with E-state index in [4.69, 9.17) is 11.3 Å². The van der Waals surface area contributed by atoms with Crippen molar-refractivity contribution in [3.8, 4) is 0 Å². The first-order valence-electron chi connectivity index (χ1n) is 5.58. The van der Waals surface area contributed by atoms with Crippen molar-refractivity contribution in [3.63, 3.8) is 0 Å². The minimum Gasteiger partial charge on any atom is -0.397 e. The molecule has 0 amide bonds. The molecule has 0 bridgehead atoms. The van der Waals surface area contributed by atoms with Crippen LogP contribution < -0.4 is 5.73 Å². The summed E-state index contributed by atoms with van der Waals surface area (Å²) in [5.74, 6) is -0.154. The number of nitrogens with two attached hydrogens (primary N) is 1. The molecule has 1 aromatic heterocycles. The molecular weight excluding hydrogens is 282 g/mol. The number of hydrogen-bond acceptors (Lipinski definition) is 6. The van der Waals surface area contributed by atoms with E-state index in [9.17, 15) is 14.9 Å². The molecule has 0 saturated heterocycles. The summed E-state index contributed by atoms with van der Waals surface area (Å²) in [6, 6.07) is 2.46. The third-order valence-corrected chi connectivity index (χ3v) is 3.92. The number of azide groups is 1. The van der Waals surface area contributed by atoms with Crippen LogP contribution in [0.2, 0.25) is 0 Å². The second-order valence-corrected chi connectivity index (χ2v) is 4.96. The molecule has 0 aliphatic carbocycles. The maximum absolute atomic E-state index is 11.8. The zero-order valence-electron chi connectivity index (χ0n) is 10.4. The number of ketones is 1. The summed E-state index contributed by atoms with van der Waals surface area (Å²) in [7, 11) is 0. The number of thiophene rings is 1. The third-order valence-electron chi connectivity index (χ3n) is 2.73. The molecule has 2 rings (SSSR count). The highest BCUT2D eigenvalue weighted by atomic mass is 32.1. The number of nitro benzene ring substituents is 1. The Balaban J connectivity index is 2.86. The highest BCUT2D eigenvalue weighted by Gasteiger charge is 2.20. The fourth-order valence-electron chi connectivity index (χ4n) is 1.82. The molecule has 1 heterocycles. The monoisotopic (exact) mass is 291 g/mol. The van der Waals surface area contributed by atoms with Crippen molar-refractivity contribution in [1.82, 2.24) is 0 Å². The number of carbonyl (C=O) groups is 1. The minimum absolute atomic E-state index is 0.0561. The van der Waals surface area contributed by atoms with Gasteiger partial charge in [0.05, 0.1) is 21.2 Å². The topological polar surface area (TPSA) is 135 Å². The quantitative estimate of drug-likeness (QED) is 0.228. The van der Waals surface area contributed by atoms with Crippen LogP contribution in [0.4, 0.5) is 17.1 Å². The van der Waals surface area contributed by atoms with Crippen LogP contribution >= 0.6 is 11.3 Å². The van der Waals surface area contributed by atoms with Crippen LogP contribution in [0.25, 0.3) is 20.5 Å². The molecule has 0 radical (unpaired) electrons. The van der Waals surface area contributed by atoms with E-state index in [1.807, 2.05) is 0 Å². The van der Waals surface area contributed by atoms with E-state index in [-0.39, 0.29) is 29.3 Å². The van der Waals surface area contributed by atoms with E-state index >= 15 is 0 Å². The number of benzene rings is 1. The number of non-ortho nitro benzene ring substituents is 1. The molecule has 0 fully saturated rings. The van der Waals surface area contributed by atoms with Gasteiger partial charge in [-0.25, -0.2) is 0 Å². The standard InChI is InChI=1S/C11H9N5O3S/c1-2-7(17)11-10(12)9-6(14-15-13)3-5(16(18)19)4-8(9)20-11/h3-4H,2,12H2,1H3. The highest BCUT2D eigenvalue weighted by molar-refractivity contribution is 7.21. The van der Waals surface area contributed by atoms with Crippen molar-refractivity contribution in [1.29, 1.82) is 0 Å². The summed E-state index contributed by atoms with van der Waals surface area (Å²) < 4.78 is 0.455. The average molecular weight is 291 g/mol. The maximum Gasteiger partial charge on any atom is 0.271 e. The number of fused-ring (bicyclic) bond motifs is 1. The molecule has 0 aliphatic heterocycles. The van der Waals surface area contributed by atoms with Gasteiger partial charge in [-0.15, -0.1) is 11.3 Å². The highest BCUT2D eigenvalue weighted by Crippen LogP contribution is 2.42. The van der Waals surface area contributed by atoms with Crippen molar-refractivity contribution in [3.05, 3.63) is 37.6 Å². The van der Waals surface area contributed by atoms with E-state index in [0.29, 0.717) is 15.0 Å². The SMILES string of the molecule is CCC(=O)c1sc2cc([N+](=O)[O-])cc(N=[N+]=[N-])c2c1N. The van der Waals surface area contributed by atoms with Gasteiger partial charge in [0.2, 0.25) is 0 Å². The molecule has 0 saturated carbocycles. The summed E-state index contributed by atoms with van der Waals surface area (Å²) in [6.07, 6.45) is 0.274. The molecular formula is C11H9N5O3S. The van der Waals surface area contributed by atoms with E-state index < -0.39 is 4.92 Å². The number of anilines is 1. The van der Waals surface area contributed by atoms with Crippen LogP contribution in [-0.4, -0.2) is 10.7 Å². The largest absolute Gasteiger partial charge is 0.397 e. The van der Waals surface area contributed by atoms with Crippen LogP contribution in [0.5, 0.6) is 0 Å². The lowest BCUT2D eigenvalue weighted by Crippen LogP contribution is -1.97. The summed E-state index contributed by atoms with van der Waals surface area (Å²) >= 11 is 1.07. The van der Waals surface area contributed by atoms with E-state index in [2.05, 4.69) is 10.0 Å². The van der Waals surface area contributed by atoms with Gasteiger partial charge in [0.15, 0.2) is 5.78 Å². The Morgan fingerprint density at radius 3 is 2.85 bits per heavy atom. The number of rotatable bonds is 4. The second-order valence-electron chi connectivity index (χ2n) is 3.91. The van der Waals surface area contributed by atoms with Crippen LogP contribution in [0.1, 0.15) is 23.0 Å². The first kappa shape index (κ1) is 13.8. The van der Waals surface area contributed by atoms with E-state index in [1.54, 1.807) is 6.92 Å². The van der Waals surface area contributed by atoms with Crippen LogP contribution in [0, 0.1) is 10.1 Å². The molecule has 8 nitrogen and oxygen atoms in total. The first-order valence-corrected chi connectivity index (χ1v) is 6.40. The Morgan fingerprint density at radius 2 is 2.30 bits per heavy atom. The second kappa shape index (κ2) is 5.16. The average Bonchev–Trinajstić information content (AvgIpc) is 2.75. The fourth-order valence-corrected chi connectivity index (χ4v) is 3.00. The molecule has 2 N–H and O–H groups in total. The Kier molecular flexibility index (Phi) is 3.55. The van der Waals surface area contributed by atoms with E-state index in [1.165, 1.54) is 6.07 Å².